The second kappa shape index (κ2) is 13.6. The monoisotopic (exact) mass is 807 g/mol. The Balaban J connectivity index is 3.53. The van der Waals surface area contributed by atoms with E-state index in [1.165, 1.54) is 18.9 Å². The summed E-state index contributed by atoms with van der Waals surface area (Å²) in [5, 5.41) is 62.2. The van der Waals surface area contributed by atoms with Gasteiger partial charge in [0.15, 0.2) is 6.10 Å². The second-order valence-electron chi connectivity index (χ2n) is 6.76. The standard InChI is InChI=1S/C18H24I3N3O9/c1-6(27)24(2)13-10(20)8(17(32)22-3-4-25)9(19)12(11(13)21)23-18(33)16(31)15(30)14(29)7(28)5-26/h7,14-16,25-26,28-31H,3-5H2,1-2H3,(H,22,32)(H,23,33)/t7-,14-,15+,16-/m1/s1. The minimum Gasteiger partial charge on any atom is -0.395 e. The molecule has 0 spiro atoms. The maximum Gasteiger partial charge on any atom is 0.256 e. The number of hydrogen-bond donors (Lipinski definition) is 8. The average Bonchev–Trinajstić information content (AvgIpc) is 2.77. The number of hydrogen-bond acceptors (Lipinski definition) is 9. The molecule has 8 N–H and O–H groups in total. The van der Waals surface area contributed by atoms with E-state index in [-0.39, 0.29) is 33.9 Å². The Morgan fingerprint density at radius 1 is 0.970 bits per heavy atom. The highest BCUT2D eigenvalue weighted by Gasteiger charge is 2.35. The third-order valence-electron chi connectivity index (χ3n) is 4.50. The van der Waals surface area contributed by atoms with Crippen molar-refractivity contribution in [1.29, 1.82) is 0 Å². The topological polar surface area (TPSA) is 200 Å². The fourth-order valence-corrected chi connectivity index (χ4v) is 7.19. The first-order valence-electron chi connectivity index (χ1n) is 9.29. The van der Waals surface area contributed by atoms with Gasteiger partial charge >= 0.3 is 0 Å². The van der Waals surface area contributed by atoms with Gasteiger partial charge in [0.1, 0.15) is 18.3 Å². The predicted molar refractivity (Wildman–Crippen MR) is 143 cm³/mol. The molecule has 15 heteroatoms. The van der Waals surface area contributed by atoms with Crippen LogP contribution in [-0.2, 0) is 9.59 Å². The molecular formula is C18H24I3N3O9. The van der Waals surface area contributed by atoms with Gasteiger partial charge in [-0.05, 0) is 67.8 Å². The molecule has 0 saturated heterocycles. The van der Waals surface area contributed by atoms with Gasteiger partial charge in [0.05, 0.1) is 40.9 Å². The fourth-order valence-electron chi connectivity index (χ4n) is 2.54. The van der Waals surface area contributed by atoms with Gasteiger partial charge in [-0.1, -0.05) is 0 Å². The van der Waals surface area contributed by atoms with Gasteiger partial charge < -0.3 is 46.2 Å². The molecule has 0 aliphatic rings. The highest BCUT2D eigenvalue weighted by Crippen LogP contribution is 2.40. The number of nitrogens with zero attached hydrogens (tertiary/aromatic N) is 1. The van der Waals surface area contributed by atoms with E-state index in [2.05, 4.69) is 10.6 Å². The maximum atomic E-state index is 12.8. The number of carbonyl (C=O) groups is 3. The normalized spacial score (nSPS) is 14.8. The van der Waals surface area contributed by atoms with Gasteiger partial charge in [0.2, 0.25) is 5.91 Å². The summed E-state index contributed by atoms with van der Waals surface area (Å²) in [5.74, 6) is -2.10. The van der Waals surface area contributed by atoms with Gasteiger partial charge in [-0.3, -0.25) is 14.4 Å². The van der Waals surface area contributed by atoms with Crippen LogP contribution in [0.2, 0.25) is 0 Å². The van der Waals surface area contributed by atoms with Crippen LogP contribution >= 0.6 is 67.8 Å². The van der Waals surface area contributed by atoms with Crippen molar-refractivity contribution in [2.45, 2.75) is 31.3 Å². The number of benzene rings is 1. The highest BCUT2D eigenvalue weighted by molar-refractivity contribution is 14.1. The summed E-state index contributed by atoms with van der Waals surface area (Å²) in [6, 6.07) is 0. The van der Waals surface area contributed by atoms with E-state index in [9.17, 15) is 34.8 Å². The average molecular weight is 807 g/mol. The van der Waals surface area contributed by atoms with Gasteiger partial charge in [-0.15, -0.1) is 0 Å². The number of amides is 3. The Morgan fingerprint density at radius 2 is 1.55 bits per heavy atom. The minimum absolute atomic E-state index is 0.0352. The van der Waals surface area contributed by atoms with Crippen LogP contribution in [0.3, 0.4) is 0 Å². The number of halogens is 3. The first-order chi connectivity index (χ1) is 15.3. The maximum absolute atomic E-state index is 12.8. The SMILES string of the molecule is CC(=O)N(C)c1c(I)c(NC(=O)[C@H](O)[C@@H](O)[C@H](O)[C@H](O)CO)c(I)c(C(=O)NCCO)c1I. The van der Waals surface area contributed by atoms with E-state index in [0.717, 1.165) is 0 Å². The molecule has 0 heterocycles. The zero-order valence-corrected chi connectivity index (χ0v) is 23.9. The minimum atomic E-state index is -2.20. The molecule has 1 rings (SSSR count). The van der Waals surface area contributed by atoms with Crippen LogP contribution in [0.5, 0.6) is 0 Å². The van der Waals surface area contributed by atoms with Crippen molar-refractivity contribution >= 4 is 96.9 Å². The molecule has 3 amide bonds. The summed E-state index contributed by atoms with van der Waals surface area (Å²) in [4.78, 5) is 38.7. The van der Waals surface area contributed by atoms with Crippen LogP contribution in [0.4, 0.5) is 11.4 Å². The van der Waals surface area contributed by atoms with Crippen LogP contribution in [0.25, 0.3) is 0 Å². The molecule has 0 bridgehead atoms. The quantitative estimate of drug-likeness (QED) is 0.131. The summed E-state index contributed by atoms with van der Waals surface area (Å²) in [6.45, 7) is 0.0556. The second-order valence-corrected chi connectivity index (χ2v) is 10.00. The zero-order chi connectivity index (χ0) is 25.6. The molecule has 4 atom stereocenters. The van der Waals surface area contributed by atoms with E-state index in [1.54, 1.807) is 22.6 Å². The molecule has 0 aromatic heterocycles. The van der Waals surface area contributed by atoms with E-state index in [1.807, 2.05) is 45.2 Å². The zero-order valence-electron chi connectivity index (χ0n) is 17.4. The van der Waals surface area contributed by atoms with Gasteiger partial charge in [-0.25, -0.2) is 0 Å². The number of nitrogens with one attached hydrogen (secondary N) is 2. The van der Waals surface area contributed by atoms with Crippen molar-refractivity contribution in [2.75, 3.05) is 37.0 Å². The van der Waals surface area contributed by atoms with E-state index < -0.39 is 42.8 Å². The summed E-state index contributed by atoms with van der Waals surface area (Å²) in [5.41, 5.74) is 0.468. The third-order valence-corrected chi connectivity index (χ3v) is 7.68. The Morgan fingerprint density at radius 3 is 2.03 bits per heavy atom. The lowest BCUT2D eigenvalue weighted by atomic mass is 10.0. The van der Waals surface area contributed by atoms with E-state index >= 15 is 0 Å². The number of aliphatic hydroxyl groups excluding tert-OH is 6. The lowest BCUT2D eigenvalue weighted by Crippen LogP contribution is -2.50. The van der Waals surface area contributed by atoms with Crippen molar-refractivity contribution in [2.24, 2.45) is 0 Å². The molecule has 0 aliphatic carbocycles. The largest absolute Gasteiger partial charge is 0.395 e. The van der Waals surface area contributed by atoms with Crippen molar-refractivity contribution < 1.29 is 45.0 Å². The molecule has 0 saturated carbocycles. The van der Waals surface area contributed by atoms with Crippen LogP contribution < -0.4 is 15.5 Å². The number of aliphatic hydroxyl groups is 6. The molecule has 1 aromatic carbocycles. The van der Waals surface area contributed by atoms with Gasteiger partial charge in [-0.2, -0.15) is 0 Å². The number of rotatable bonds is 10. The number of carbonyl (C=O) groups excluding carboxylic acids is 3. The Bertz CT molecular complexity index is 903. The van der Waals surface area contributed by atoms with Crippen molar-refractivity contribution in [1.82, 2.24) is 5.32 Å². The molecule has 0 unspecified atom stereocenters. The first kappa shape index (κ1) is 30.6. The highest BCUT2D eigenvalue weighted by atomic mass is 127. The predicted octanol–water partition coefficient (Wildman–Crippen LogP) is -1.42. The van der Waals surface area contributed by atoms with E-state index in [0.29, 0.717) is 12.8 Å². The summed E-state index contributed by atoms with van der Waals surface area (Å²) in [7, 11) is 1.47. The summed E-state index contributed by atoms with van der Waals surface area (Å²) in [6.07, 6.45) is -8.13. The molecular weight excluding hydrogens is 783 g/mol. The molecule has 12 nitrogen and oxygen atoms in total. The van der Waals surface area contributed by atoms with Gasteiger partial charge in [0, 0.05) is 20.5 Å². The van der Waals surface area contributed by atoms with Crippen molar-refractivity contribution in [3.63, 3.8) is 0 Å². The molecule has 0 fully saturated rings. The number of anilines is 2. The van der Waals surface area contributed by atoms with Crippen LogP contribution in [0.1, 0.15) is 17.3 Å². The van der Waals surface area contributed by atoms with Gasteiger partial charge in [0.25, 0.3) is 11.8 Å². The van der Waals surface area contributed by atoms with Crippen LogP contribution in [0.15, 0.2) is 0 Å². The van der Waals surface area contributed by atoms with Crippen molar-refractivity contribution in [3.8, 4) is 0 Å². The first-order valence-corrected chi connectivity index (χ1v) is 12.5. The molecule has 33 heavy (non-hydrogen) atoms. The van der Waals surface area contributed by atoms with Crippen LogP contribution in [-0.4, -0.2) is 99.6 Å². The smallest absolute Gasteiger partial charge is 0.256 e. The van der Waals surface area contributed by atoms with Crippen molar-refractivity contribution in [3.05, 3.63) is 16.3 Å². The lowest BCUT2D eigenvalue weighted by Gasteiger charge is -2.27. The Kier molecular flexibility index (Phi) is 12.6. The van der Waals surface area contributed by atoms with Crippen LogP contribution in [0, 0.1) is 10.7 Å². The van der Waals surface area contributed by atoms with E-state index in [4.69, 9.17) is 10.2 Å². The summed E-state index contributed by atoms with van der Waals surface area (Å²) >= 11 is 5.55. The third kappa shape index (κ3) is 7.29. The Hall–Kier alpha value is -0.420. The summed E-state index contributed by atoms with van der Waals surface area (Å²) < 4.78 is 1.00. The Labute approximate surface area is 230 Å². The molecule has 186 valence electrons. The molecule has 0 aliphatic heterocycles. The molecule has 1 aromatic rings. The lowest BCUT2D eigenvalue weighted by molar-refractivity contribution is -0.144. The fraction of sp³-hybridized carbons (Fsp3) is 0.500. The molecule has 0 radical (unpaired) electrons.